The van der Waals surface area contributed by atoms with Crippen molar-refractivity contribution in [3.05, 3.63) is 89.5 Å². The number of nitrogens with zero attached hydrogens (tertiary/aromatic N) is 3. The van der Waals surface area contributed by atoms with E-state index in [1.807, 2.05) is 42.6 Å². The fraction of sp³-hybridized carbons (Fsp3) is 0.200. The molecule has 0 aliphatic rings. The molecule has 1 aromatic carbocycles. The summed E-state index contributed by atoms with van der Waals surface area (Å²) >= 11 is 2.66. The largest absolute Gasteiger partial charge is 0.346 e. The summed E-state index contributed by atoms with van der Waals surface area (Å²) in [6.07, 6.45) is 1.50. The molecule has 0 aliphatic heterocycles. The minimum Gasteiger partial charge on any atom is -0.346 e. The predicted octanol–water partition coefficient (Wildman–Crippen LogP) is 3.00. The zero-order valence-corrected chi connectivity index (χ0v) is 18.7. The van der Waals surface area contributed by atoms with E-state index in [1.165, 1.54) is 26.5 Å². The van der Waals surface area contributed by atoms with Gasteiger partial charge in [-0.1, -0.05) is 30.3 Å². The molecular weight excluding hydrogens is 444 g/mol. The Morgan fingerprint density at radius 3 is 2.57 bits per heavy atom. The summed E-state index contributed by atoms with van der Waals surface area (Å²) in [5.74, 6) is -0.301. The van der Waals surface area contributed by atoms with E-state index in [1.54, 1.807) is 6.92 Å². The van der Waals surface area contributed by atoms with Crippen LogP contribution in [0.15, 0.2) is 51.5 Å². The number of carbonyl (C=O) groups excluding carboxylic acids is 1. The molecule has 0 radical (unpaired) electrons. The lowest BCUT2D eigenvalue weighted by atomic mass is 10.2. The number of nitrogens with one attached hydrogen (secondary N) is 1. The van der Waals surface area contributed by atoms with Crippen LogP contribution in [0.2, 0.25) is 0 Å². The lowest BCUT2D eigenvalue weighted by Crippen LogP contribution is -2.38. The maximum absolute atomic E-state index is 12.9. The average molecular weight is 463 g/mol. The number of fused-ring (bicyclic) bond motifs is 1. The molecule has 0 bridgehead atoms. The number of hydrogen-bond acceptors (Lipinski definition) is 6. The standard InChI is InChI=1S/C20H18N4O3S2.ClH/c1-12-18(26)23(9-14-6-4-3-5-7-14)20(27)24-10-16(29-19(12)24)17(25)21-8-15-11-28-13(2)22-15;/h3-7,10-11H,8-9H2,1-2H3,(H,21,25);1H. The topological polar surface area (TPSA) is 85.5 Å². The third-order valence-electron chi connectivity index (χ3n) is 4.50. The van der Waals surface area contributed by atoms with E-state index in [9.17, 15) is 14.4 Å². The van der Waals surface area contributed by atoms with Crippen molar-refractivity contribution in [1.29, 1.82) is 0 Å². The highest BCUT2D eigenvalue weighted by Crippen LogP contribution is 2.18. The van der Waals surface area contributed by atoms with Crippen LogP contribution in [0.25, 0.3) is 4.83 Å². The summed E-state index contributed by atoms with van der Waals surface area (Å²) in [5.41, 5.74) is 1.30. The minimum atomic E-state index is -0.454. The van der Waals surface area contributed by atoms with E-state index in [2.05, 4.69) is 10.3 Å². The van der Waals surface area contributed by atoms with Crippen molar-refractivity contribution in [3.63, 3.8) is 0 Å². The van der Waals surface area contributed by atoms with Gasteiger partial charge in [0.25, 0.3) is 11.5 Å². The number of benzene rings is 1. The summed E-state index contributed by atoms with van der Waals surface area (Å²) in [6.45, 7) is 4.08. The molecule has 10 heteroatoms. The quantitative estimate of drug-likeness (QED) is 0.494. The van der Waals surface area contributed by atoms with Gasteiger partial charge in [0, 0.05) is 17.1 Å². The summed E-state index contributed by atoms with van der Waals surface area (Å²) in [5, 5.41) is 5.64. The first-order valence-corrected chi connectivity index (χ1v) is 10.6. The summed E-state index contributed by atoms with van der Waals surface area (Å²) < 4.78 is 2.58. The zero-order valence-electron chi connectivity index (χ0n) is 16.2. The van der Waals surface area contributed by atoms with Gasteiger partial charge in [-0.15, -0.1) is 35.1 Å². The first-order chi connectivity index (χ1) is 13.9. The summed E-state index contributed by atoms with van der Waals surface area (Å²) in [4.78, 5) is 43.4. The van der Waals surface area contributed by atoms with Crippen molar-refractivity contribution in [3.8, 4) is 0 Å². The van der Waals surface area contributed by atoms with Gasteiger partial charge in [-0.05, 0) is 19.4 Å². The molecule has 0 atom stereocenters. The lowest BCUT2D eigenvalue weighted by molar-refractivity contribution is 0.0954. The Hall–Kier alpha value is -2.75. The van der Waals surface area contributed by atoms with Crippen LogP contribution in [-0.2, 0) is 13.1 Å². The van der Waals surface area contributed by atoms with Crippen molar-refractivity contribution in [2.45, 2.75) is 26.9 Å². The second-order valence-corrected chi connectivity index (χ2v) is 8.69. The van der Waals surface area contributed by atoms with E-state index in [0.717, 1.165) is 27.6 Å². The highest BCUT2D eigenvalue weighted by atomic mass is 35.5. The van der Waals surface area contributed by atoms with Gasteiger partial charge in [-0.25, -0.2) is 9.78 Å². The Balaban J connectivity index is 0.00000256. The van der Waals surface area contributed by atoms with Crippen LogP contribution >= 0.6 is 35.1 Å². The molecule has 1 N–H and O–H groups in total. The van der Waals surface area contributed by atoms with Crippen LogP contribution in [0.3, 0.4) is 0 Å². The Labute approximate surface area is 186 Å². The van der Waals surface area contributed by atoms with E-state index in [4.69, 9.17) is 0 Å². The molecule has 0 unspecified atom stereocenters. The molecule has 30 heavy (non-hydrogen) atoms. The van der Waals surface area contributed by atoms with E-state index in [0.29, 0.717) is 21.8 Å². The predicted molar refractivity (Wildman–Crippen MR) is 121 cm³/mol. The van der Waals surface area contributed by atoms with Gasteiger partial charge >= 0.3 is 5.69 Å². The van der Waals surface area contributed by atoms with Gasteiger partial charge in [0.05, 0.1) is 23.8 Å². The Morgan fingerprint density at radius 2 is 1.90 bits per heavy atom. The van der Waals surface area contributed by atoms with Crippen molar-refractivity contribution >= 4 is 45.8 Å². The van der Waals surface area contributed by atoms with Gasteiger partial charge in [0.1, 0.15) is 9.71 Å². The van der Waals surface area contributed by atoms with Gasteiger partial charge in [-0.2, -0.15) is 0 Å². The van der Waals surface area contributed by atoms with E-state index in [-0.39, 0.29) is 30.4 Å². The SMILES string of the molecule is Cc1nc(CNC(=O)c2cn3c(=O)n(Cc4ccccc4)c(=O)c(C)c3s2)cs1.Cl. The van der Waals surface area contributed by atoms with E-state index < -0.39 is 5.69 Å². The van der Waals surface area contributed by atoms with Gasteiger partial charge in [-0.3, -0.25) is 18.6 Å². The van der Waals surface area contributed by atoms with Crippen LogP contribution in [-0.4, -0.2) is 19.9 Å². The molecule has 3 aromatic heterocycles. The van der Waals surface area contributed by atoms with Crippen LogP contribution in [0.5, 0.6) is 0 Å². The number of halogens is 1. The molecule has 7 nitrogen and oxygen atoms in total. The highest BCUT2D eigenvalue weighted by molar-refractivity contribution is 7.19. The smallest absolute Gasteiger partial charge is 0.336 e. The number of thiazole rings is 2. The number of rotatable bonds is 5. The van der Waals surface area contributed by atoms with Crippen LogP contribution in [0.4, 0.5) is 0 Å². The molecule has 3 heterocycles. The van der Waals surface area contributed by atoms with Crippen LogP contribution in [0.1, 0.15) is 31.5 Å². The number of hydrogen-bond donors (Lipinski definition) is 1. The monoisotopic (exact) mass is 462 g/mol. The van der Waals surface area contributed by atoms with Crippen molar-refractivity contribution in [2.75, 3.05) is 0 Å². The van der Waals surface area contributed by atoms with Crippen molar-refractivity contribution in [2.24, 2.45) is 0 Å². The Morgan fingerprint density at radius 1 is 1.17 bits per heavy atom. The second kappa shape index (κ2) is 8.95. The third kappa shape index (κ3) is 4.23. The molecule has 0 spiro atoms. The van der Waals surface area contributed by atoms with Crippen LogP contribution in [0, 0.1) is 13.8 Å². The van der Waals surface area contributed by atoms with Gasteiger partial charge in [0.2, 0.25) is 0 Å². The number of amides is 1. The fourth-order valence-electron chi connectivity index (χ4n) is 3.02. The zero-order chi connectivity index (χ0) is 20.5. The number of aryl methyl sites for hydroxylation is 2. The molecule has 4 rings (SSSR count). The normalized spacial score (nSPS) is 10.7. The Kier molecular flexibility index (Phi) is 6.55. The maximum Gasteiger partial charge on any atom is 0.336 e. The highest BCUT2D eigenvalue weighted by Gasteiger charge is 2.17. The first kappa shape index (κ1) is 21.9. The second-order valence-electron chi connectivity index (χ2n) is 6.60. The molecule has 0 saturated carbocycles. The third-order valence-corrected chi connectivity index (χ3v) is 6.53. The molecule has 156 valence electrons. The molecule has 4 aromatic rings. The fourth-order valence-corrected chi connectivity index (χ4v) is 4.64. The van der Waals surface area contributed by atoms with Crippen molar-refractivity contribution in [1.82, 2.24) is 19.3 Å². The van der Waals surface area contributed by atoms with Gasteiger partial charge < -0.3 is 5.32 Å². The number of aromatic nitrogens is 3. The molecule has 0 saturated heterocycles. The van der Waals surface area contributed by atoms with Gasteiger partial charge in [0.15, 0.2) is 0 Å². The maximum atomic E-state index is 12.9. The Bertz CT molecular complexity index is 1320. The minimum absolute atomic E-state index is 0. The first-order valence-electron chi connectivity index (χ1n) is 8.93. The van der Waals surface area contributed by atoms with E-state index >= 15 is 0 Å². The molecular formula is C20H19ClN4O3S2. The van der Waals surface area contributed by atoms with Crippen LogP contribution < -0.4 is 16.6 Å². The average Bonchev–Trinajstić information content (AvgIpc) is 3.35. The molecule has 0 aliphatic carbocycles. The molecule has 1 amide bonds. The lowest BCUT2D eigenvalue weighted by Gasteiger charge is -2.07. The summed E-state index contributed by atoms with van der Waals surface area (Å²) in [7, 11) is 0. The molecule has 0 fully saturated rings. The number of carbonyl (C=O) groups is 1. The summed E-state index contributed by atoms with van der Waals surface area (Å²) in [6, 6.07) is 9.33. The van der Waals surface area contributed by atoms with Crippen molar-refractivity contribution < 1.29 is 4.79 Å².